The van der Waals surface area contributed by atoms with Crippen molar-refractivity contribution in [1.29, 1.82) is 0 Å². The van der Waals surface area contributed by atoms with Gasteiger partial charge in [0.25, 0.3) is 11.1 Å². The topological polar surface area (TPSA) is 83.9 Å². The number of carbonyl (C=O) groups is 3. The van der Waals surface area contributed by atoms with E-state index in [0.717, 1.165) is 16.7 Å². The van der Waals surface area contributed by atoms with Crippen LogP contribution in [0.2, 0.25) is 5.02 Å². The van der Waals surface area contributed by atoms with Crippen molar-refractivity contribution in [2.24, 2.45) is 0 Å². The number of halogens is 1. The Morgan fingerprint density at radius 2 is 1.96 bits per heavy atom. The molecule has 0 atom stereocenters. The molecule has 1 heterocycles. The number of hydrogen-bond acceptors (Lipinski definition) is 6. The van der Waals surface area contributed by atoms with Gasteiger partial charge in [0.15, 0.2) is 17.3 Å². The van der Waals surface area contributed by atoms with Gasteiger partial charge in [-0.2, -0.15) is 0 Å². The highest BCUT2D eigenvalue weighted by Crippen LogP contribution is 2.38. The van der Waals surface area contributed by atoms with Gasteiger partial charge in [0.05, 0.1) is 23.1 Å². The number of rotatable bonds is 6. The molecule has 0 aromatic heterocycles. The number of thioether (sulfide) groups is 1. The third kappa shape index (κ3) is 4.21. The van der Waals surface area contributed by atoms with Crippen molar-refractivity contribution in [1.82, 2.24) is 4.90 Å². The molecule has 0 aliphatic carbocycles. The van der Waals surface area contributed by atoms with Gasteiger partial charge in [-0.1, -0.05) is 41.9 Å². The van der Waals surface area contributed by atoms with Gasteiger partial charge >= 0.3 is 0 Å². The number of ether oxygens (including phenoxy) is 1. The van der Waals surface area contributed by atoms with Crippen LogP contribution in [0.15, 0.2) is 47.4 Å². The lowest BCUT2D eigenvalue weighted by Gasteiger charge is -2.11. The van der Waals surface area contributed by atoms with E-state index in [9.17, 15) is 19.5 Å². The number of benzene rings is 2. The lowest BCUT2D eigenvalue weighted by Crippen LogP contribution is -2.33. The molecule has 28 heavy (non-hydrogen) atoms. The molecule has 0 unspecified atom stereocenters. The van der Waals surface area contributed by atoms with Crippen molar-refractivity contribution in [3.8, 4) is 11.5 Å². The summed E-state index contributed by atoms with van der Waals surface area (Å²) in [6.45, 7) is 1.76. The highest BCUT2D eigenvalue weighted by Gasteiger charge is 2.36. The summed E-state index contributed by atoms with van der Waals surface area (Å²) in [5.41, 5.74) is 0.920. The van der Waals surface area contributed by atoms with E-state index < -0.39 is 11.1 Å². The zero-order valence-electron chi connectivity index (χ0n) is 14.8. The number of phenolic OH excluding ortho intramolecular Hbond substituents is 1. The first-order valence-corrected chi connectivity index (χ1v) is 9.59. The van der Waals surface area contributed by atoms with Gasteiger partial charge < -0.3 is 9.84 Å². The fourth-order valence-corrected chi connectivity index (χ4v) is 3.65. The molecule has 2 aromatic rings. The van der Waals surface area contributed by atoms with Crippen LogP contribution in [0.5, 0.6) is 11.5 Å². The maximum atomic E-state index is 12.6. The Morgan fingerprint density at radius 3 is 2.64 bits per heavy atom. The summed E-state index contributed by atoms with van der Waals surface area (Å²) in [7, 11) is 0. The van der Waals surface area contributed by atoms with Crippen LogP contribution >= 0.6 is 23.4 Å². The Hall–Kier alpha value is -2.77. The number of ketones is 1. The molecule has 0 radical (unpaired) electrons. The van der Waals surface area contributed by atoms with Crippen LogP contribution < -0.4 is 4.74 Å². The highest BCUT2D eigenvalue weighted by atomic mass is 35.5. The molecule has 0 saturated carbocycles. The molecule has 2 amide bonds. The molecule has 8 heteroatoms. The molecule has 1 N–H and O–H groups in total. The molecular weight excluding hydrogens is 402 g/mol. The first-order chi connectivity index (χ1) is 13.4. The van der Waals surface area contributed by atoms with Crippen molar-refractivity contribution in [3.63, 3.8) is 0 Å². The highest BCUT2D eigenvalue weighted by molar-refractivity contribution is 8.18. The lowest BCUT2D eigenvalue weighted by molar-refractivity contribution is -0.122. The van der Waals surface area contributed by atoms with E-state index in [0.29, 0.717) is 17.7 Å². The van der Waals surface area contributed by atoms with Gasteiger partial charge in [-0.25, -0.2) is 0 Å². The molecular formula is C20H16ClNO5S. The minimum atomic E-state index is -0.554. The Bertz CT molecular complexity index is 974. The molecule has 0 bridgehead atoms. The first-order valence-electron chi connectivity index (χ1n) is 8.39. The van der Waals surface area contributed by atoms with Crippen LogP contribution in [0.3, 0.4) is 0 Å². The summed E-state index contributed by atoms with van der Waals surface area (Å²) in [5, 5.41) is 9.46. The summed E-state index contributed by atoms with van der Waals surface area (Å²) in [4.78, 5) is 38.2. The van der Waals surface area contributed by atoms with E-state index in [1.165, 1.54) is 18.2 Å². The van der Waals surface area contributed by atoms with E-state index in [1.54, 1.807) is 37.3 Å². The van der Waals surface area contributed by atoms with Crippen molar-refractivity contribution in [2.75, 3.05) is 13.2 Å². The second-order valence-electron chi connectivity index (χ2n) is 5.84. The van der Waals surface area contributed by atoms with Crippen LogP contribution in [0.25, 0.3) is 6.08 Å². The zero-order chi connectivity index (χ0) is 20.3. The zero-order valence-corrected chi connectivity index (χ0v) is 16.4. The minimum Gasteiger partial charge on any atom is -0.503 e. The largest absolute Gasteiger partial charge is 0.503 e. The lowest BCUT2D eigenvalue weighted by atomic mass is 10.1. The SMILES string of the molecule is CCOc1cc(C=C2SC(=O)N(CC(=O)c3ccccc3)C2=O)cc(Cl)c1O. The second-order valence-corrected chi connectivity index (χ2v) is 7.24. The Balaban J connectivity index is 1.82. The molecule has 1 fully saturated rings. The average Bonchev–Trinajstić information content (AvgIpc) is 2.94. The number of imide groups is 1. The van der Waals surface area contributed by atoms with E-state index in [1.807, 2.05) is 0 Å². The first kappa shape index (κ1) is 20.0. The predicted octanol–water partition coefficient (Wildman–Crippen LogP) is 4.36. The van der Waals surface area contributed by atoms with Gasteiger partial charge in [0.2, 0.25) is 0 Å². The number of Topliss-reactive ketones (excluding diaryl/α,β-unsaturated/α-hetero) is 1. The van der Waals surface area contributed by atoms with Gasteiger partial charge in [0.1, 0.15) is 0 Å². The van der Waals surface area contributed by atoms with E-state index in [-0.39, 0.29) is 33.8 Å². The fraction of sp³-hybridized carbons (Fsp3) is 0.150. The minimum absolute atomic E-state index is 0.0654. The molecule has 144 valence electrons. The number of nitrogens with zero attached hydrogens (tertiary/aromatic N) is 1. The van der Waals surface area contributed by atoms with Crippen molar-refractivity contribution in [2.45, 2.75) is 6.92 Å². The van der Waals surface area contributed by atoms with Gasteiger partial charge in [-0.05, 0) is 42.5 Å². The third-order valence-corrected chi connectivity index (χ3v) is 5.11. The van der Waals surface area contributed by atoms with Crippen molar-refractivity contribution < 1.29 is 24.2 Å². The maximum Gasteiger partial charge on any atom is 0.293 e. The molecule has 3 rings (SSSR count). The fourth-order valence-electron chi connectivity index (χ4n) is 2.59. The summed E-state index contributed by atoms with van der Waals surface area (Å²) in [6, 6.07) is 11.4. The third-order valence-electron chi connectivity index (χ3n) is 3.92. The monoisotopic (exact) mass is 417 g/mol. The van der Waals surface area contributed by atoms with Crippen molar-refractivity contribution in [3.05, 3.63) is 63.5 Å². The summed E-state index contributed by atoms with van der Waals surface area (Å²) in [6.07, 6.45) is 1.48. The number of carbonyl (C=O) groups excluding carboxylic acids is 3. The predicted molar refractivity (Wildman–Crippen MR) is 108 cm³/mol. The Morgan fingerprint density at radius 1 is 1.25 bits per heavy atom. The summed E-state index contributed by atoms with van der Waals surface area (Å²) >= 11 is 6.74. The number of hydrogen-bond donors (Lipinski definition) is 1. The summed E-state index contributed by atoms with van der Waals surface area (Å²) in [5.74, 6) is -0.890. The number of aromatic hydroxyl groups is 1. The van der Waals surface area contributed by atoms with Crippen LogP contribution in [-0.2, 0) is 4.79 Å². The number of amides is 2. The second kappa shape index (κ2) is 8.50. The Labute approximate surface area is 170 Å². The quantitative estimate of drug-likeness (QED) is 0.555. The maximum absolute atomic E-state index is 12.6. The van der Waals surface area contributed by atoms with Crippen LogP contribution in [0.1, 0.15) is 22.8 Å². The number of phenols is 1. The van der Waals surface area contributed by atoms with Crippen molar-refractivity contribution >= 4 is 46.4 Å². The molecule has 1 saturated heterocycles. The van der Waals surface area contributed by atoms with Crippen LogP contribution in [-0.4, -0.2) is 40.1 Å². The van der Waals surface area contributed by atoms with Gasteiger partial charge in [-0.3, -0.25) is 19.3 Å². The standard InChI is InChI=1S/C20H16ClNO5S/c1-2-27-16-9-12(8-14(21)18(16)24)10-17-19(25)22(20(26)28-17)11-15(23)13-6-4-3-5-7-13/h3-10,24H,2,11H2,1H3. The normalized spacial score (nSPS) is 15.4. The van der Waals surface area contributed by atoms with Gasteiger partial charge in [-0.15, -0.1) is 0 Å². The molecule has 0 spiro atoms. The molecule has 1 aliphatic rings. The Kier molecular flexibility index (Phi) is 6.06. The van der Waals surface area contributed by atoms with E-state index in [4.69, 9.17) is 16.3 Å². The van der Waals surface area contributed by atoms with Gasteiger partial charge in [0, 0.05) is 5.56 Å². The van der Waals surface area contributed by atoms with Crippen LogP contribution in [0.4, 0.5) is 4.79 Å². The van der Waals surface area contributed by atoms with E-state index >= 15 is 0 Å². The van der Waals surface area contributed by atoms with E-state index in [2.05, 4.69) is 0 Å². The van der Waals surface area contributed by atoms with Crippen LogP contribution in [0, 0.1) is 0 Å². The molecule has 1 aliphatic heterocycles. The summed E-state index contributed by atoms with van der Waals surface area (Å²) < 4.78 is 5.32. The molecule has 2 aromatic carbocycles. The average molecular weight is 418 g/mol. The smallest absolute Gasteiger partial charge is 0.293 e. The molecule has 6 nitrogen and oxygen atoms in total.